The molecular formula is C20H22ClF3N6O. The van der Waals surface area contributed by atoms with Crippen LogP contribution in [0, 0.1) is 0 Å². The van der Waals surface area contributed by atoms with Crippen molar-refractivity contribution in [3.8, 4) is 0 Å². The number of fused-ring (bicyclic) bond motifs is 1. The van der Waals surface area contributed by atoms with Crippen LogP contribution in [-0.4, -0.2) is 45.5 Å². The summed E-state index contributed by atoms with van der Waals surface area (Å²) in [6.07, 6.45) is -2.10. The van der Waals surface area contributed by atoms with Gasteiger partial charge in [0.25, 0.3) is 0 Å². The van der Waals surface area contributed by atoms with Crippen molar-refractivity contribution in [2.45, 2.75) is 31.1 Å². The minimum absolute atomic E-state index is 0. The predicted molar refractivity (Wildman–Crippen MR) is 113 cm³/mol. The number of aromatic nitrogens is 3. The molecule has 0 radical (unpaired) electrons. The Kier molecular flexibility index (Phi) is 6.71. The number of halogens is 4. The molecule has 3 N–H and O–H groups in total. The number of carbonyl (C=O) groups is 1. The summed E-state index contributed by atoms with van der Waals surface area (Å²) >= 11 is 0. The monoisotopic (exact) mass is 454 g/mol. The first-order chi connectivity index (χ1) is 14.3. The Morgan fingerprint density at radius 3 is 2.68 bits per heavy atom. The van der Waals surface area contributed by atoms with Gasteiger partial charge in [-0.25, -0.2) is 14.8 Å². The number of anilines is 1. The minimum Gasteiger partial charge on any atom is -0.341 e. The molecular weight excluding hydrogens is 433 g/mol. The average Bonchev–Trinajstić information content (AvgIpc) is 3.13. The lowest BCUT2D eigenvalue weighted by molar-refractivity contribution is -0.141. The highest BCUT2D eigenvalue weighted by molar-refractivity contribution is 5.89. The summed E-state index contributed by atoms with van der Waals surface area (Å²) in [7, 11) is 2.02. The molecule has 4 rings (SSSR count). The number of piperidine rings is 1. The van der Waals surface area contributed by atoms with Gasteiger partial charge in [-0.05, 0) is 44.2 Å². The van der Waals surface area contributed by atoms with E-state index in [1.54, 1.807) is 0 Å². The molecule has 166 valence electrons. The van der Waals surface area contributed by atoms with Crippen molar-refractivity contribution in [1.82, 2.24) is 25.2 Å². The maximum Gasteiger partial charge on any atom is 0.433 e. The number of amides is 2. The van der Waals surface area contributed by atoms with E-state index < -0.39 is 17.9 Å². The molecule has 1 aromatic carbocycles. The van der Waals surface area contributed by atoms with Crippen molar-refractivity contribution in [2.24, 2.45) is 0 Å². The predicted octanol–water partition coefficient (Wildman–Crippen LogP) is 4.36. The zero-order valence-corrected chi connectivity index (χ0v) is 17.4. The van der Waals surface area contributed by atoms with Crippen molar-refractivity contribution >= 4 is 35.2 Å². The number of pyridine rings is 1. The number of alkyl halides is 3. The molecule has 2 amide bonds. The van der Waals surface area contributed by atoms with Gasteiger partial charge in [-0.1, -0.05) is 12.1 Å². The quantitative estimate of drug-likeness (QED) is 0.549. The van der Waals surface area contributed by atoms with Gasteiger partial charge in [0.15, 0.2) is 0 Å². The van der Waals surface area contributed by atoms with E-state index in [9.17, 15) is 18.0 Å². The van der Waals surface area contributed by atoms with Crippen molar-refractivity contribution in [3.05, 3.63) is 54.1 Å². The first-order valence-electron chi connectivity index (χ1n) is 9.55. The highest BCUT2D eigenvalue weighted by Gasteiger charge is 2.32. The molecule has 0 saturated carbocycles. The number of nitrogens with one attached hydrogen (secondary N) is 3. The van der Waals surface area contributed by atoms with Crippen LogP contribution in [0.4, 0.5) is 23.7 Å². The van der Waals surface area contributed by atoms with Gasteiger partial charge in [-0.2, -0.15) is 13.2 Å². The molecule has 11 heteroatoms. The molecule has 0 bridgehead atoms. The highest BCUT2D eigenvalue weighted by atomic mass is 35.5. The average molecular weight is 455 g/mol. The number of rotatable bonds is 3. The summed E-state index contributed by atoms with van der Waals surface area (Å²) in [5.41, 5.74) is 1.05. The summed E-state index contributed by atoms with van der Waals surface area (Å²) in [4.78, 5) is 25.9. The topological polar surface area (TPSA) is 85.9 Å². The van der Waals surface area contributed by atoms with Crippen LogP contribution in [0.1, 0.15) is 30.4 Å². The van der Waals surface area contributed by atoms with Crippen LogP contribution in [0.3, 0.4) is 0 Å². The van der Waals surface area contributed by atoms with Crippen LogP contribution in [0.15, 0.2) is 42.6 Å². The molecule has 3 heterocycles. The summed E-state index contributed by atoms with van der Waals surface area (Å²) in [6, 6.07) is 9.25. The van der Waals surface area contributed by atoms with E-state index in [-0.39, 0.29) is 30.2 Å². The number of nitrogens with zero attached hydrogens (tertiary/aromatic N) is 3. The Balaban J connectivity index is 0.00000272. The van der Waals surface area contributed by atoms with E-state index in [1.807, 2.05) is 31.3 Å². The molecule has 1 aliphatic heterocycles. The number of aromatic amines is 1. The van der Waals surface area contributed by atoms with Crippen LogP contribution in [0.5, 0.6) is 0 Å². The van der Waals surface area contributed by atoms with Crippen LogP contribution >= 0.6 is 12.4 Å². The van der Waals surface area contributed by atoms with Gasteiger partial charge in [0, 0.05) is 12.6 Å². The summed E-state index contributed by atoms with van der Waals surface area (Å²) in [6.45, 7) is 0.772. The van der Waals surface area contributed by atoms with E-state index in [0.29, 0.717) is 6.42 Å². The van der Waals surface area contributed by atoms with Crippen LogP contribution < -0.4 is 10.6 Å². The maximum absolute atomic E-state index is 12.6. The number of carbonyl (C=O) groups excluding carboxylic acids is 1. The number of imidazole rings is 1. The Morgan fingerprint density at radius 1 is 1.23 bits per heavy atom. The van der Waals surface area contributed by atoms with Crippen molar-refractivity contribution in [3.63, 3.8) is 0 Å². The molecule has 1 saturated heterocycles. The molecule has 2 aromatic heterocycles. The number of benzene rings is 1. The Labute approximate surface area is 182 Å². The molecule has 0 spiro atoms. The zero-order chi connectivity index (χ0) is 21.3. The summed E-state index contributed by atoms with van der Waals surface area (Å²) < 4.78 is 37.8. The van der Waals surface area contributed by atoms with Crippen molar-refractivity contribution < 1.29 is 18.0 Å². The number of urea groups is 1. The maximum atomic E-state index is 12.6. The lowest BCUT2D eigenvalue weighted by Crippen LogP contribution is -2.46. The molecule has 1 aliphatic rings. The summed E-state index contributed by atoms with van der Waals surface area (Å²) in [5.74, 6) is 0.845. The minimum atomic E-state index is -4.51. The highest BCUT2D eigenvalue weighted by Crippen LogP contribution is 2.30. The van der Waals surface area contributed by atoms with Gasteiger partial charge >= 0.3 is 12.2 Å². The van der Waals surface area contributed by atoms with Crippen LogP contribution in [0.2, 0.25) is 0 Å². The number of hydrogen-bond acceptors (Lipinski definition) is 4. The standard InChI is InChI=1S/C20H21F3N6O.ClH/c1-29-9-8-12(10-16(29)18-27-14-4-2-3-5-15(14)28-18)25-19(30)26-13-6-7-17(24-11-13)20(21,22)23;/h2-7,11-12,16H,8-10H2,1H3,(H,27,28)(H2,25,26,30);1H/t12-,16-;/m1./s1. The molecule has 0 unspecified atom stereocenters. The second-order valence-electron chi connectivity index (χ2n) is 7.39. The number of H-pyrrole nitrogens is 1. The molecule has 0 aliphatic carbocycles. The fraction of sp³-hybridized carbons (Fsp3) is 0.350. The third-order valence-corrected chi connectivity index (χ3v) is 5.24. The van der Waals surface area contributed by atoms with Gasteiger partial charge in [-0.15, -0.1) is 12.4 Å². The molecule has 1 fully saturated rings. The summed E-state index contributed by atoms with van der Waals surface area (Å²) in [5, 5.41) is 5.44. The van der Waals surface area contributed by atoms with Gasteiger partial charge in [-0.3, -0.25) is 4.90 Å². The fourth-order valence-corrected chi connectivity index (χ4v) is 3.65. The smallest absolute Gasteiger partial charge is 0.341 e. The van der Waals surface area contributed by atoms with Gasteiger partial charge in [0.1, 0.15) is 11.5 Å². The Hall–Kier alpha value is -2.85. The van der Waals surface area contributed by atoms with E-state index in [0.717, 1.165) is 42.1 Å². The Bertz CT molecular complexity index is 1010. The van der Waals surface area contributed by atoms with E-state index >= 15 is 0 Å². The van der Waals surface area contributed by atoms with Gasteiger partial charge in [0.2, 0.25) is 0 Å². The van der Waals surface area contributed by atoms with E-state index in [2.05, 4.69) is 30.5 Å². The van der Waals surface area contributed by atoms with Crippen LogP contribution in [-0.2, 0) is 6.18 Å². The van der Waals surface area contributed by atoms with Crippen molar-refractivity contribution in [1.29, 1.82) is 0 Å². The van der Waals surface area contributed by atoms with Crippen molar-refractivity contribution in [2.75, 3.05) is 18.9 Å². The fourth-order valence-electron chi connectivity index (χ4n) is 3.65. The van der Waals surface area contributed by atoms with E-state index in [1.165, 1.54) is 6.07 Å². The van der Waals surface area contributed by atoms with Gasteiger partial charge < -0.3 is 15.6 Å². The zero-order valence-electron chi connectivity index (χ0n) is 16.6. The SMILES string of the molecule is CN1CC[C@@H](NC(=O)Nc2ccc(C(F)(F)F)nc2)C[C@@H]1c1nc2ccccc2[nH]1.Cl. The number of para-hydroxylation sites is 2. The Morgan fingerprint density at radius 2 is 2.00 bits per heavy atom. The first kappa shape index (κ1) is 22.8. The number of likely N-dealkylation sites (tertiary alicyclic amines) is 1. The van der Waals surface area contributed by atoms with E-state index in [4.69, 9.17) is 0 Å². The lowest BCUT2D eigenvalue weighted by Gasteiger charge is -2.36. The third kappa shape index (κ3) is 5.26. The second kappa shape index (κ2) is 9.11. The number of hydrogen-bond donors (Lipinski definition) is 3. The molecule has 31 heavy (non-hydrogen) atoms. The third-order valence-electron chi connectivity index (χ3n) is 5.24. The normalized spacial score (nSPS) is 19.6. The largest absolute Gasteiger partial charge is 0.433 e. The van der Waals surface area contributed by atoms with Gasteiger partial charge in [0.05, 0.1) is 29.0 Å². The second-order valence-corrected chi connectivity index (χ2v) is 7.39. The lowest BCUT2D eigenvalue weighted by atomic mass is 9.97. The first-order valence-corrected chi connectivity index (χ1v) is 9.55. The molecule has 3 aromatic rings. The molecule has 7 nitrogen and oxygen atoms in total. The molecule has 2 atom stereocenters. The van der Waals surface area contributed by atoms with Crippen LogP contribution in [0.25, 0.3) is 11.0 Å².